The summed E-state index contributed by atoms with van der Waals surface area (Å²) in [6.07, 6.45) is 8.43. The van der Waals surface area contributed by atoms with Gasteiger partial charge in [0.05, 0.1) is 6.10 Å². The predicted octanol–water partition coefficient (Wildman–Crippen LogP) is 2.71. The molecule has 1 saturated heterocycles. The van der Waals surface area contributed by atoms with Crippen molar-refractivity contribution in [1.82, 2.24) is 4.90 Å². The molecular weight excluding hydrogens is 276 g/mol. The number of aliphatic hydroxyl groups is 1. The molecule has 0 atom stereocenters. The van der Waals surface area contributed by atoms with Gasteiger partial charge in [-0.05, 0) is 31.4 Å². The highest BCUT2D eigenvalue weighted by atomic mass is 16.3. The second kappa shape index (κ2) is 8.51. The number of anilines is 1. The number of allylic oxidation sites excluding steroid dienone is 3. The molecule has 4 heteroatoms. The highest BCUT2D eigenvalue weighted by Crippen LogP contribution is 2.20. The van der Waals surface area contributed by atoms with Gasteiger partial charge in [0.25, 0.3) is 0 Å². The third-order valence-electron chi connectivity index (χ3n) is 3.78. The number of benzene rings is 1. The van der Waals surface area contributed by atoms with Gasteiger partial charge in [0.1, 0.15) is 0 Å². The lowest BCUT2D eigenvalue weighted by Gasteiger charge is -2.30. The maximum Gasteiger partial charge on any atom is 0.248 e. The first-order chi connectivity index (χ1) is 10.7. The van der Waals surface area contributed by atoms with E-state index in [4.69, 9.17) is 0 Å². The van der Waals surface area contributed by atoms with Crippen LogP contribution in [0.2, 0.25) is 0 Å². The minimum Gasteiger partial charge on any atom is -0.393 e. The summed E-state index contributed by atoms with van der Waals surface area (Å²) in [4.78, 5) is 14.2. The van der Waals surface area contributed by atoms with Crippen LogP contribution in [0.25, 0.3) is 0 Å². The number of piperidine rings is 1. The van der Waals surface area contributed by atoms with Crippen molar-refractivity contribution in [1.29, 1.82) is 0 Å². The quantitative estimate of drug-likeness (QED) is 0.649. The maximum absolute atomic E-state index is 11.9. The van der Waals surface area contributed by atoms with E-state index in [1.807, 2.05) is 43.3 Å². The lowest BCUT2D eigenvalue weighted by molar-refractivity contribution is -0.111. The van der Waals surface area contributed by atoms with Crippen LogP contribution in [0.3, 0.4) is 0 Å². The Kier molecular flexibility index (Phi) is 6.37. The number of carbonyl (C=O) groups excluding carboxylic acids is 1. The molecule has 2 rings (SSSR count). The Balaban J connectivity index is 1.99. The highest BCUT2D eigenvalue weighted by molar-refractivity contribution is 5.99. The molecule has 1 heterocycles. The third kappa shape index (κ3) is 5.13. The number of likely N-dealkylation sites (tertiary alicyclic amines) is 1. The van der Waals surface area contributed by atoms with Gasteiger partial charge in [-0.1, -0.05) is 36.4 Å². The van der Waals surface area contributed by atoms with Crippen molar-refractivity contribution in [2.24, 2.45) is 0 Å². The first-order valence-corrected chi connectivity index (χ1v) is 7.77. The van der Waals surface area contributed by atoms with E-state index in [0.29, 0.717) is 0 Å². The molecule has 4 nitrogen and oxygen atoms in total. The van der Waals surface area contributed by atoms with Crippen LogP contribution in [0.5, 0.6) is 0 Å². The molecule has 1 aromatic rings. The van der Waals surface area contributed by atoms with Crippen LogP contribution in [0.15, 0.2) is 48.6 Å². The normalized spacial score (nSPS) is 17.4. The largest absolute Gasteiger partial charge is 0.393 e. The number of nitrogens with zero attached hydrogens (tertiary/aromatic N) is 1. The molecule has 22 heavy (non-hydrogen) atoms. The number of carbonyl (C=O) groups is 1. The second-order valence-corrected chi connectivity index (χ2v) is 5.54. The van der Waals surface area contributed by atoms with Crippen molar-refractivity contribution in [3.63, 3.8) is 0 Å². The van der Waals surface area contributed by atoms with Gasteiger partial charge in [0.2, 0.25) is 5.91 Å². The molecule has 0 saturated carbocycles. The molecule has 0 aliphatic carbocycles. The zero-order valence-electron chi connectivity index (χ0n) is 13.0. The van der Waals surface area contributed by atoms with Crippen LogP contribution in [0, 0.1) is 0 Å². The zero-order chi connectivity index (χ0) is 15.8. The van der Waals surface area contributed by atoms with E-state index in [1.165, 1.54) is 6.08 Å². The van der Waals surface area contributed by atoms with Gasteiger partial charge in [-0.2, -0.15) is 0 Å². The van der Waals surface area contributed by atoms with E-state index >= 15 is 0 Å². The van der Waals surface area contributed by atoms with Crippen LogP contribution in [0.1, 0.15) is 25.3 Å². The Labute approximate surface area is 132 Å². The fourth-order valence-electron chi connectivity index (χ4n) is 2.53. The van der Waals surface area contributed by atoms with E-state index in [9.17, 15) is 9.90 Å². The number of rotatable bonds is 5. The van der Waals surface area contributed by atoms with Gasteiger partial charge in [-0.25, -0.2) is 0 Å². The fraction of sp³-hybridized carbons (Fsp3) is 0.389. The monoisotopic (exact) mass is 300 g/mol. The highest BCUT2D eigenvalue weighted by Gasteiger charge is 2.17. The summed E-state index contributed by atoms with van der Waals surface area (Å²) in [6.45, 7) is 4.49. The van der Waals surface area contributed by atoms with Crippen molar-refractivity contribution in [3.05, 3.63) is 54.1 Å². The lowest BCUT2D eigenvalue weighted by Crippen LogP contribution is -2.35. The molecule has 0 radical (unpaired) electrons. The number of aliphatic hydroxyl groups excluding tert-OH is 1. The zero-order valence-corrected chi connectivity index (χ0v) is 13.0. The smallest absolute Gasteiger partial charge is 0.248 e. The minimum absolute atomic E-state index is 0.125. The van der Waals surface area contributed by atoms with Gasteiger partial charge in [0, 0.05) is 31.4 Å². The topological polar surface area (TPSA) is 52.6 Å². The molecule has 1 fully saturated rings. The average molecular weight is 300 g/mol. The Bertz CT molecular complexity index is 544. The van der Waals surface area contributed by atoms with Crippen LogP contribution in [-0.4, -0.2) is 35.1 Å². The molecule has 0 aromatic heterocycles. The van der Waals surface area contributed by atoms with E-state index < -0.39 is 0 Å². The van der Waals surface area contributed by atoms with Crippen molar-refractivity contribution >= 4 is 11.6 Å². The van der Waals surface area contributed by atoms with Crippen LogP contribution >= 0.6 is 0 Å². The van der Waals surface area contributed by atoms with Crippen LogP contribution < -0.4 is 5.32 Å². The lowest BCUT2D eigenvalue weighted by atomic mass is 10.1. The van der Waals surface area contributed by atoms with Gasteiger partial charge in [0.15, 0.2) is 0 Å². The van der Waals surface area contributed by atoms with Gasteiger partial charge in [-0.3, -0.25) is 9.69 Å². The summed E-state index contributed by atoms with van der Waals surface area (Å²) >= 11 is 0. The van der Waals surface area contributed by atoms with Gasteiger partial charge in [-0.15, -0.1) is 0 Å². The molecule has 1 aliphatic rings. The van der Waals surface area contributed by atoms with E-state index in [-0.39, 0.29) is 12.0 Å². The Morgan fingerprint density at radius 3 is 2.77 bits per heavy atom. The molecule has 0 bridgehead atoms. The first kappa shape index (κ1) is 16.5. The number of nitrogens with one attached hydrogen (secondary N) is 1. The van der Waals surface area contributed by atoms with Crippen molar-refractivity contribution in [2.75, 3.05) is 18.4 Å². The third-order valence-corrected chi connectivity index (χ3v) is 3.78. The summed E-state index contributed by atoms with van der Waals surface area (Å²) in [5, 5.41) is 12.5. The molecule has 0 spiro atoms. The minimum atomic E-state index is -0.164. The molecule has 1 amide bonds. The van der Waals surface area contributed by atoms with Crippen molar-refractivity contribution < 1.29 is 9.90 Å². The summed E-state index contributed by atoms with van der Waals surface area (Å²) in [6, 6.07) is 7.88. The SMILES string of the molecule is CC=CC=CC(=O)Nc1ccccc1CN1CCC(O)CC1. The standard InChI is InChI=1S/C18H24N2O2/c1-2-3-4-9-18(22)19-17-8-6-5-7-15(17)14-20-12-10-16(21)11-13-20/h2-9,16,21H,10-14H2,1H3,(H,19,22). The Morgan fingerprint density at radius 1 is 1.32 bits per heavy atom. The summed E-state index contributed by atoms with van der Waals surface area (Å²) in [5.41, 5.74) is 1.95. The van der Waals surface area contributed by atoms with Crippen molar-refractivity contribution in [2.45, 2.75) is 32.4 Å². The van der Waals surface area contributed by atoms with Crippen LogP contribution in [-0.2, 0) is 11.3 Å². The van der Waals surface area contributed by atoms with E-state index in [0.717, 1.165) is 43.7 Å². The predicted molar refractivity (Wildman–Crippen MR) is 89.5 cm³/mol. The molecular formula is C18H24N2O2. The number of hydrogen-bond donors (Lipinski definition) is 2. The van der Waals surface area contributed by atoms with E-state index in [1.54, 1.807) is 6.08 Å². The van der Waals surface area contributed by atoms with Crippen LogP contribution in [0.4, 0.5) is 5.69 Å². The number of amides is 1. The molecule has 2 N–H and O–H groups in total. The van der Waals surface area contributed by atoms with E-state index in [2.05, 4.69) is 10.2 Å². The van der Waals surface area contributed by atoms with Gasteiger partial charge < -0.3 is 10.4 Å². The Morgan fingerprint density at radius 2 is 2.05 bits per heavy atom. The fourth-order valence-corrected chi connectivity index (χ4v) is 2.53. The molecule has 118 valence electrons. The van der Waals surface area contributed by atoms with Gasteiger partial charge >= 0.3 is 0 Å². The first-order valence-electron chi connectivity index (χ1n) is 7.77. The second-order valence-electron chi connectivity index (χ2n) is 5.54. The summed E-state index contributed by atoms with van der Waals surface area (Å²) < 4.78 is 0. The molecule has 1 aliphatic heterocycles. The van der Waals surface area contributed by atoms with Crippen molar-refractivity contribution in [3.8, 4) is 0 Å². The molecule has 0 unspecified atom stereocenters. The molecule has 1 aromatic carbocycles. The average Bonchev–Trinajstić information content (AvgIpc) is 2.52. The Hall–Kier alpha value is -1.91. The number of para-hydroxylation sites is 1. The summed E-state index contributed by atoms with van der Waals surface area (Å²) in [7, 11) is 0. The maximum atomic E-state index is 11.9. The summed E-state index contributed by atoms with van der Waals surface area (Å²) in [5.74, 6) is -0.125. The number of hydrogen-bond acceptors (Lipinski definition) is 3.